The van der Waals surface area contributed by atoms with Gasteiger partial charge >= 0.3 is 0 Å². The van der Waals surface area contributed by atoms with Gasteiger partial charge < -0.3 is 9.80 Å². The van der Waals surface area contributed by atoms with E-state index >= 15 is 0 Å². The van der Waals surface area contributed by atoms with Crippen LogP contribution in [0.15, 0.2) is 24.5 Å². The van der Waals surface area contributed by atoms with E-state index in [-0.39, 0.29) is 5.91 Å². The molecule has 2 aromatic heterocycles. The van der Waals surface area contributed by atoms with Gasteiger partial charge in [-0.25, -0.2) is 9.97 Å². The maximum atomic E-state index is 12.4. The molecule has 0 radical (unpaired) electrons. The summed E-state index contributed by atoms with van der Waals surface area (Å²) in [5.41, 5.74) is 1.50. The first kappa shape index (κ1) is 16.2. The summed E-state index contributed by atoms with van der Waals surface area (Å²) >= 11 is 0. The van der Waals surface area contributed by atoms with Crippen LogP contribution in [-0.4, -0.2) is 76.5 Å². The van der Waals surface area contributed by atoms with Crippen molar-refractivity contribution in [1.82, 2.24) is 24.8 Å². The molecule has 4 rings (SSSR count). The molecule has 2 aromatic rings. The second kappa shape index (κ2) is 7.31. The summed E-state index contributed by atoms with van der Waals surface area (Å²) in [6.07, 6.45) is 6.69. The SMILES string of the molecule is O=C(CN1CCCN(c2ccc3nccnc3n2)CC1)N1CCCC1. The molecule has 0 aromatic carbocycles. The Bertz CT molecular complexity index is 745. The van der Waals surface area contributed by atoms with Gasteiger partial charge in [-0.05, 0) is 31.4 Å². The molecule has 0 aliphatic carbocycles. The first-order valence-electron chi connectivity index (χ1n) is 9.12. The predicted molar refractivity (Wildman–Crippen MR) is 96.4 cm³/mol. The van der Waals surface area contributed by atoms with E-state index in [2.05, 4.69) is 24.8 Å². The molecule has 0 N–H and O–H groups in total. The largest absolute Gasteiger partial charge is 0.355 e. The van der Waals surface area contributed by atoms with Crippen molar-refractivity contribution >= 4 is 22.9 Å². The zero-order chi connectivity index (χ0) is 17.1. The van der Waals surface area contributed by atoms with E-state index in [4.69, 9.17) is 0 Å². The lowest BCUT2D eigenvalue weighted by atomic mass is 10.3. The van der Waals surface area contributed by atoms with Crippen LogP contribution in [0.1, 0.15) is 19.3 Å². The van der Waals surface area contributed by atoms with E-state index in [1.807, 2.05) is 17.0 Å². The quantitative estimate of drug-likeness (QED) is 0.835. The van der Waals surface area contributed by atoms with Crippen LogP contribution in [0, 0.1) is 0 Å². The Balaban J connectivity index is 1.39. The van der Waals surface area contributed by atoms with Gasteiger partial charge in [-0.15, -0.1) is 0 Å². The number of carbonyl (C=O) groups is 1. The van der Waals surface area contributed by atoms with Crippen molar-refractivity contribution in [2.75, 3.05) is 50.7 Å². The fraction of sp³-hybridized carbons (Fsp3) is 0.556. The number of anilines is 1. The Morgan fingerprint density at radius 3 is 2.64 bits per heavy atom. The van der Waals surface area contributed by atoms with Gasteiger partial charge in [-0.3, -0.25) is 14.7 Å². The molecule has 0 spiro atoms. The predicted octanol–water partition coefficient (Wildman–Crippen LogP) is 1.16. The molecule has 2 fully saturated rings. The summed E-state index contributed by atoms with van der Waals surface area (Å²) in [4.78, 5) is 32.2. The minimum absolute atomic E-state index is 0.282. The topological polar surface area (TPSA) is 65.5 Å². The zero-order valence-corrected chi connectivity index (χ0v) is 14.5. The number of amides is 1. The third-order valence-electron chi connectivity index (χ3n) is 5.05. The van der Waals surface area contributed by atoms with Crippen molar-refractivity contribution in [2.45, 2.75) is 19.3 Å². The second-order valence-corrected chi connectivity index (χ2v) is 6.77. The number of carbonyl (C=O) groups excluding carboxylic acids is 1. The molecule has 0 saturated carbocycles. The maximum absolute atomic E-state index is 12.4. The molecule has 2 saturated heterocycles. The first-order chi connectivity index (χ1) is 12.3. The lowest BCUT2D eigenvalue weighted by Crippen LogP contribution is -2.40. The number of hydrogen-bond acceptors (Lipinski definition) is 6. The number of pyridine rings is 1. The minimum atomic E-state index is 0.282. The number of aromatic nitrogens is 3. The molecular weight excluding hydrogens is 316 g/mol. The van der Waals surface area contributed by atoms with Gasteiger partial charge in [0.1, 0.15) is 11.3 Å². The third kappa shape index (κ3) is 3.71. The van der Waals surface area contributed by atoms with Crippen molar-refractivity contribution in [2.24, 2.45) is 0 Å². The smallest absolute Gasteiger partial charge is 0.236 e. The van der Waals surface area contributed by atoms with Crippen LogP contribution in [0.5, 0.6) is 0 Å². The normalized spacial score (nSPS) is 19.4. The second-order valence-electron chi connectivity index (χ2n) is 6.77. The fourth-order valence-corrected chi connectivity index (χ4v) is 3.64. The number of hydrogen-bond donors (Lipinski definition) is 0. The molecule has 2 aliphatic heterocycles. The molecule has 0 bridgehead atoms. The van der Waals surface area contributed by atoms with Crippen molar-refractivity contribution in [3.8, 4) is 0 Å². The summed E-state index contributed by atoms with van der Waals surface area (Å²) in [6.45, 7) is 6.09. The average Bonchev–Trinajstić information content (AvgIpc) is 3.09. The molecule has 0 atom stereocenters. The molecule has 132 valence electrons. The highest BCUT2D eigenvalue weighted by Gasteiger charge is 2.22. The summed E-state index contributed by atoms with van der Waals surface area (Å²) in [7, 11) is 0. The standard InChI is InChI=1S/C18H24N6O/c25-17(24-9-1-2-10-24)14-22-8-3-11-23(13-12-22)16-5-4-15-18(21-16)20-7-6-19-15/h4-7H,1-3,8-14H2. The molecule has 7 heteroatoms. The number of nitrogens with zero attached hydrogens (tertiary/aromatic N) is 6. The van der Waals surface area contributed by atoms with E-state index in [9.17, 15) is 4.79 Å². The van der Waals surface area contributed by atoms with E-state index in [0.29, 0.717) is 12.2 Å². The number of likely N-dealkylation sites (tertiary alicyclic amines) is 1. The van der Waals surface area contributed by atoms with Gasteiger partial charge in [0.2, 0.25) is 5.91 Å². The highest BCUT2D eigenvalue weighted by atomic mass is 16.2. The zero-order valence-electron chi connectivity index (χ0n) is 14.5. The lowest BCUT2D eigenvalue weighted by Gasteiger charge is -2.24. The van der Waals surface area contributed by atoms with Gasteiger partial charge in [0, 0.05) is 51.7 Å². The third-order valence-corrected chi connectivity index (χ3v) is 5.05. The van der Waals surface area contributed by atoms with Crippen molar-refractivity contribution in [3.05, 3.63) is 24.5 Å². The Hall–Kier alpha value is -2.28. The minimum Gasteiger partial charge on any atom is -0.355 e. The Morgan fingerprint density at radius 1 is 0.920 bits per heavy atom. The lowest BCUT2D eigenvalue weighted by molar-refractivity contribution is -0.131. The molecule has 1 amide bonds. The van der Waals surface area contributed by atoms with Crippen LogP contribution in [0.25, 0.3) is 11.2 Å². The van der Waals surface area contributed by atoms with Gasteiger partial charge in [0.05, 0.1) is 6.54 Å². The summed E-state index contributed by atoms with van der Waals surface area (Å²) in [6, 6.07) is 3.99. The molecule has 0 unspecified atom stereocenters. The van der Waals surface area contributed by atoms with Gasteiger partial charge in [0.15, 0.2) is 5.65 Å². The van der Waals surface area contributed by atoms with Gasteiger partial charge in [-0.1, -0.05) is 0 Å². The van der Waals surface area contributed by atoms with E-state index < -0.39 is 0 Å². The van der Waals surface area contributed by atoms with Crippen LogP contribution in [0.3, 0.4) is 0 Å². The van der Waals surface area contributed by atoms with E-state index in [0.717, 1.165) is 69.9 Å². The van der Waals surface area contributed by atoms with Crippen LogP contribution in [0.4, 0.5) is 5.82 Å². The molecule has 25 heavy (non-hydrogen) atoms. The summed E-state index contributed by atoms with van der Waals surface area (Å²) in [5, 5.41) is 0. The van der Waals surface area contributed by atoms with Gasteiger partial charge in [0.25, 0.3) is 0 Å². The molecule has 7 nitrogen and oxygen atoms in total. The monoisotopic (exact) mass is 340 g/mol. The first-order valence-corrected chi connectivity index (χ1v) is 9.12. The molecular formula is C18H24N6O. The van der Waals surface area contributed by atoms with Crippen LogP contribution in [0.2, 0.25) is 0 Å². The number of fused-ring (bicyclic) bond motifs is 1. The van der Waals surface area contributed by atoms with Crippen molar-refractivity contribution in [3.63, 3.8) is 0 Å². The Kier molecular flexibility index (Phi) is 4.74. The highest BCUT2D eigenvalue weighted by molar-refractivity contribution is 5.78. The van der Waals surface area contributed by atoms with E-state index in [1.54, 1.807) is 12.4 Å². The Labute approximate surface area is 147 Å². The van der Waals surface area contributed by atoms with Crippen LogP contribution < -0.4 is 4.90 Å². The fourth-order valence-electron chi connectivity index (χ4n) is 3.64. The van der Waals surface area contributed by atoms with E-state index in [1.165, 1.54) is 0 Å². The molecule has 4 heterocycles. The van der Waals surface area contributed by atoms with Crippen molar-refractivity contribution < 1.29 is 4.79 Å². The maximum Gasteiger partial charge on any atom is 0.236 e. The summed E-state index contributed by atoms with van der Waals surface area (Å²) < 4.78 is 0. The summed E-state index contributed by atoms with van der Waals surface area (Å²) in [5.74, 6) is 1.23. The molecule has 2 aliphatic rings. The van der Waals surface area contributed by atoms with Crippen LogP contribution >= 0.6 is 0 Å². The average molecular weight is 340 g/mol. The van der Waals surface area contributed by atoms with Crippen molar-refractivity contribution in [1.29, 1.82) is 0 Å². The van der Waals surface area contributed by atoms with Gasteiger partial charge in [-0.2, -0.15) is 0 Å². The highest BCUT2D eigenvalue weighted by Crippen LogP contribution is 2.17. The van der Waals surface area contributed by atoms with Crippen LogP contribution in [-0.2, 0) is 4.79 Å². The Morgan fingerprint density at radius 2 is 1.76 bits per heavy atom. The number of rotatable bonds is 3.